The van der Waals surface area contributed by atoms with E-state index in [1.165, 1.54) is 12.8 Å². The molecule has 1 saturated heterocycles. The van der Waals surface area contributed by atoms with Crippen LogP contribution in [0.4, 0.5) is 4.79 Å². The van der Waals surface area contributed by atoms with Gasteiger partial charge in [-0.2, -0.15) is 0 Å². The van der Waals surface area contributed by atoms with Crippen LogP contribution in [0.5, 0.6) is 0 Å². The van der Waals surface area contributed by atoms with Crippen molar-refractivity contribution in [1.82, 2.24) is 4.90 Å². The average Bonchev–Trinajstić information content (AvgIpc) is 2.77. The van der Waals surface area contributed by atoms with Crippen LogP contribution >= 0.6 is 0 Å². The molecule has 1 aliphatic heterocycles. The number of hydrogen-bond donors (Lipinski definition) is 0. The molecule has 0 radical (unpaired) electrons. The van der Waals surface area contributed by atoms with E-state index in [9.17, 15) is 4.79 Å². The summed E-state index contributed by atoms with van der Waals surface area (Å²) in [5.74, 6) is 1.52. The minimum Gasteiger partial charge on any atom is -0.444 e. The summed E-state index contributed by atoms with van der Waals surface area (Å²) in [7, 11) is 0. The summed E-state index contributed by atoms with van der Waals surface area (Å²) in [5, 5.41) is 0. The molecule has 1 amide bonds. The van der Waals surface area contributed by atoms with Crippen molar-refractivity contribution >= 4 is 6.09 Å². The highest BCUT2D eigenvalue weighted by Gasteiger charge is 2.27. The predicted octanol–water partition coefficient (Wildman–Crippen LogP) is 5.73. The van der Waals surface area contributed by atoms with E-state index in [1.807, 2.05) is 34.6 Å². The summed E-state index contributed by atoms with van der Waals surface area (Å²) in [4.78, 5) is 13.3. The third kappa shape index (κ3) is 14.0. The van der Waals surface area contributed by atoms with Gasteiger partial charge in [-0.1, -0.05) is 54.4 Å². The van der Waals surface area contributed by atoms with Crippen LogP contribution in [0.1, 0.15) is 81.6 Å². The maximum absolute atomic E-state index is 11.5. The minimum atomic E-state index is -0.372. The standard InChI is InChI=1S/C10H19NO2.C6H14.C2H6/c1-8-5-6-11(7-8)9(12)13-10(2,3)4;1-4-5-6(2)3;1-2/h8H,5-7H2,1-4H3;6H,4-5H2,1-3H3;1-2H3. The topological polar surface area (TPSA) is 29.5 Å². The summed E-state index contributed by atoms with van der Waals surface area (Å²) >= 11 is 0. The molecule has 0 saturated carbocycles. The van der Waals surface area contributed by atoms with Gasteiger partial charge >= 0.3 is 6.09 Å². The van der Waals surface area contributed by atoms with Crippen LogP contribution in [-0.4, -0.2) is 29.7 Å². The number of rotatable bonds is 2. The number of carbonyl (C=O) groups excluding carboxylic acids is 1. The maximum atomic E-state index is 11.5. The molecule has 1 fully saturated rings. The molecule has 0 aromatic carbocycles. The van der Waals surface area contributed by atoms with Gasteiger partial charge in [0.25, 0.3) is 0 Å². The van der Waals surface area contributed by atoms with Gasteiger partial charge in [-0.15, -0.1) is 0 Å². The zero-order chi connectivity index (χ0) is 17.1. The number of carbonyl (C=O) groups is 1. The van der Waals surface area contributed by atoms with Crippen LogP contribution in [0, 0.1) is 11.8 Å². The SMILES string of the molecule is CC.CC1CCN(C(=O)OC(C)(C)C)C1.CCCC(C)C. The van der Waals surface area contributed by atoms with Crippen LogP contribution < -0.4 is 0 Å². The van der Waals surface area contributed by atoms with Gasteiger partial charge in [-0.25, -0.2) is 4.79 Å². The molecule has 0 aromatic heterocycles. The van der Waals surface area contributed by atoms with E-state index < -0.39 is 0 Å². The van der Waals surface area contributed by atoms with Gasteiger partial charge in [-0.05, 0) is 39.0 Å². The molecule has 1 unspecified atom stereocenters. The fourth-order valence-corrected chi connectivity index (χ4v) is 2.00. The van der Waals surface area contributed by atoms with E-state index in [0.717, 1.165) is 25.4 Å². The Balaban J connectivity index is 0. The Morgan fingerprint density at radius 3 is 2.05 bits per heavy atom. The van der Waals surface area contributed by atoms with Crippen LogP contribution in [-0.2, 0) is 4.74 Å². The number of nitrogens with zero attached hydrogens (tertiary/aromatic N) is 1. The molecular formula is C18H39NO2. The molecule has 0 bridgehead atoms. The molecule has 0 aliphatic carbocycles. The van der Waals surface area contributed by atoms with E-state index >= 15 is 0 Å². The van der Waals surface area contributed by atoms with Gasteiger partial charge in [0.1, 0.15) is 5.60 Å². The molecule has 0 aromatic rings. The van der Waals surface area contributed by atoms with E-state index in [-0.39, 0.29) is 11.7 Å². The lowest BCUT2D eigenvalue weighted by molar-refractivity contribution is 0.0289. The largest absolute Gasteiger partial charge is 0.444 e. The first-order chi connectivity index (χ1) is 9.65. The lowest BCUT2D eigenvalue weighted by Gasteiger charge is -2.24. The van der Waals surface area contributed by atoms with E-state index in [0.29, 0.717) is 5.92 Å². The van der Waals surface area contributed by atoms with Gasteiger partial charge in [-0.3, -0.25) is 0 Å². The van der Waals surface area contributed by atoms with Crippen molar-refractivity contribution in [2.75, 3.05) is 13.1 Å². The molecule has 0 spiro atoms. The Hall–Kier alpha value is -0.730. The summed E-state index contributed by atoms with van der Waals surface area (Å²) in [5.41, 5.74) is -0.372. The van der Waals surface area contributed by atoms with Gasteiger partial charge in [0.15, 0.2) is 0 Å². The predicted molar refractivity (Wildman–Crippen MR) is 92.7 cm³/mol. The smallest absolute Gasteiger partial charge is 0.410 e. The monoisotopic (exact) mass is 301 g/mol. The quantitative estimate of drug-likeness (QED) is 0.651. The van der Waals surface area contributed by atoms with Crippen molar-refractivity contribution in [2.24, 2.45) is 11.8 Å². The van der Waals surface area contributed by atoms with Crippen molar-refractivity contribution < 1.29 is 9.53 Å². The van der Waals surface area contributed by atoms with Gasteiger partial charge in [0.2, 0.25) is 0 Å². The fourth-order valence-electron chi connectivity index (χ4n) is 2.00. The van der Waals surface area contributed by atoms with Crippen molar-refractivity contribution in [3.05, 3.63) is 0 Å². The zero-order valence-corrected chi connectivity index (χ0v) is 16.0. The molecule has 0 N–H and O–H groups in total. The van der Waals surface area contributed by atoms with E-state index in [2.05, 4.69) is 27.7 Å². The second-order valence-electron chi connectivity index (χ2n) is 7.00. The molecule has 1 aliphatic rings. The van der Waals surface area contributed by atoms with Crippen molar-refractivity contribution in [3.63, 3.8) is 0 Å². The van der Waals surface area contributed by atoms with Crippen LogP contribution in [0.15, 0.2) is 0 Å². The highest BCUT2D eigenvalue weighted by Crippen LogP contribution is 2.18. The van der Waals surface area contributed by atoms with Gasteiger partial charge < -0.3 is 9.64 Å². The molecule has 1 atom stereocenters. The first kappa shape index (κ1) is 22.5. The number of amides is 1. The molecule has 1 rings (SSSR count). The first-order valence-corrected chi connectivity index (χ1v) is 8.63. The molecule has 21 heavy (non-hydrogen) atoms. The Morgan fingerprint density at radius 1 is 1.29 bits per heavy atom. The fraction of sp³-hybridized carbons (Fsp3) is 0.944. The third-order valence-electron chi connectivity index (χ3n) is 2.94. The van der Waals surface area contributed by atoms with Crippen molar-refractivity contribution in [2.45, 2.75) is 87.2 Å². The molecular weight excluding hydrogens is 262 g/mol. The van der Waals surface area contributed by atoms with Crippen molar-refractivity contribution in [1.29, 1.82) is 0 Å². The van der Waals surface area contributed by atoms with Crippen LogP contribution in [0.2, 0.25) is 0 Å². The molecule has 128 valence electrons. The summed E-state index contributed by atoms with van der Waals surface area (Å²) in [6.45, 7) is 20.3. The summed E-state index contributed by atoms with van der Waals surface area (Å²) in [6.07, 6.45) is 3.63. The lowest BCUT2D eigenvalue weighted by Crippen LogP contribution is -2.35. The average molecular weight is 302 g/mol. The first-order valence-electron chi connectivity index (χ1n) is 8.63. The zero-order valence-electron chi connectivity index (χ0n) is 16.0. The summed E-state index contributed by atoms with van der Waals surface area (Å²) < 4.78 is 5.26. The van der Waals surface area contributed by atoms with E-state index in [4.69, 9.17) is 4.74 Å². The second kappa shape index (κ2) is 11.9. The normalized spacial score (nSPS) is 17.6. The van der Waals surface area contributed by atoms with Crippen molar-refractivity contribution in [3.8, 4) is 0 Å². The van der Waals surface area contributed by atoms with Crippen LogP contribution in [0.3, 0.4) is 0 Å². The Morgan fingerprint density at radius 2 is 1.81 bits per heavy atom. The number of likely N-dealkylation sites (tertiary alicyclic amines) is 1. The van der Waals surface area contributed by atoms with Gasteiger partial charge in [0.05, 0.1) is 0 Å². The third-order valence-corrected chi connectivity index (χ3v) is 2.94. The number of ether oxygens (including phenoxy) is 1. The lowest BCUT2D eigenvalue weighted by atomic mass is 10.1. The van der Waals surface area contributed by atoms with Gasteiger partial charge in [0, 0.05) is 13.1 Å². The van der Waals surface area contributed by atoms with E-state index in [1.54, 1.807) is 4.90 Å². The molecule has 1 heterocycles. The Bertz CT molecular complexity index is 256. The molecule has 3 heteroatoms. The van der Waals surface area contributed by atoms with Crippen LogP contribution in [0.25, 0.3) is 0 Å². The Labute approximate surface area is 133 Å². The minimum absolute atomic E-state index is 0.170. The highest BCUT2D eigenvalue weighted by molar-refractivity contribution is 5.68. The second-order valence-corrected chi connectivity index (χ2v) is 7.00. The summed E-state index contributed by atoms with van der Waals surface area (Å²) in [6, 6.07) is 0. The Kier molecular flexibility index (Phi) is 12.8. The molecule has 3 nitrogen and oxygen atoms in total. The number of hydrogen-bond acceptors (Lipinski definition) is 2. The highest BCUT2D eigenvalue weighted by atomic mass is 16.6. The maximum Gasteiger partial charge on any atom is 0.410 e.